The summed E-state index contributed by atoms with van der Waals surface area (Å²) in [6.07, 6.45) is 5.60. The number of carbonyl (C=O) groups is 1. The first kappa shape index (κ1) is 10.9. The molecule has 1 saturated carbocycles. The van der Waals surface area contributed by atoms with Gasteiger partial charge < -0.3 is 15.7 Å². The van der Waals surface area contributed by atoms with Crippen LogP contribution in [-0.4, -0.2) is 40.6 Å². The van der Waals surface area contributed by atoms with E-state index >= 15 is 0 Å². The van der Waals surface area contributed by atoms with Crippen LogP contribution in [0.25, 0.3) is 0 Å². The summed E-state index contributed by atoms with van der Waals surface area (Å²) in [6.45, 7) is 0.981. The van der Waals surface area contributed by atoms with Crippen LogP contribution in [0.5, 0.6) is 0 Å². The lowest BCUT2D eigenvalue weighted by molar-refractivity contribution is -0.137. The highest BCUT2D eigenvalue weighted by atomic mass is 16.3. The quantitative estimate of drug-likeness (QED) is 0.704. The van der Waals surface area contributed by atoms with E-state index in [0.29, 0.717) is 6.42 Å². The Morgan fingerprint density at radius 3 is 2.80 bits per heavy atom. The zero-order valence-corrected chi connectivity index (χ0v) is 9.11. The molecular formula is C11H20N2O2. The average Bonchev–Trinajstić information content (AvgIpc) is 2.98. The molecule has 0 radical (unpaired) electrons. The number of aliphatic hydroxyl groups is 1. The number of hydrogen-bond donors (Lipinski definition) is 2. The third-order valence-corrected chi connectivity index (χ3v) is 3.56. The van der Waals surface area contributed by atoms with Gasteiger partial charge in [-0.15, -0.1) is 0 Å². The van der Waals surface area contributed by atoms with Crippen LogP contribution in [0.1, 0.15) is 38.5 Å². The SMILES string of the molecule is NC1(C(=O)N2CCCCC2CCO)CC1. The summed E-state index contributed by atoms with van der Waals surface area (Å²) in [7, 11) is 0. The molecule has 0 aromatic heterocycles. The number of aliphatic hydroxyl groups excluding tert-OH is 1. The minimum Gasteiger partial charge on any atom is -0.396 e. The van der Waals surface area contributed by atoms with Crippen molar-refractivity contribution in [2.45, 2.75) is 50.1 Å². The van der Waals surface area contributed by atoms with Gasteiger partial charge in [0.25, 0.3) is 0 Å². The maximum atomic E-state index is 12.1. The minimum atomic E-state index is -0.551. The Morgan fingerprint density at radius 1 is 1.47 bits per heavy atom. The van der Waals surface area contributed by atoms with Gasteiger partial charge in [0.1, 0.15) is 0 Å². The fourth-order valence-electron chi connectivity index (χ4n) is 2.35. The molecule has 2 rings (SSSR count). The van der Waals surface area contributed by atoms with E-state index in [0.717, 1.165) is 38.6 Å². The highest BCUT2D eigenvalue weighted by molar-refractivity contribution is 5.89. The fraction of sp³-hybridized carbons (Fsp3) is 0.909. The largest absolute Gasteiger partial charge is 0.396 e. The van der Waals surface area contributed by atoms with Crippen LogP contribution in [0.3, 0.4) is 0 Å². The molecule has 1 atom stereocenters. The third kappa shape index (κ3) is 2.16. The molecule has 2 aliphatic rings. The molecule has 1 aliphatic carbocycles. The molecular weight excluding hydrogens is 192 g/mol. The second kappa shape index (κ2) is 4.10. The normalized spacial score (nSPS) is 28.9. The standard InChI is InChI=1S/C11H20N2O2/c12-11(5-6-11)10(15)13-7-2-1-3-9(13)4-8-14/h9,14H,1-8,12H2. The van der Waals surface area contributed by atoms with Gasteiger partial charge in [-0.05, 0) is 38.5 Å². The molecule has 1 aliphatic heterocycles. The predicted molar refractivity (Wildman–Crippen MR) is 57.2 cm³/mol. The summed E-state index contributed by atoms with van der Waals surface area (Å²) < 4.78 is 0. The summed E-state index contributed by atoms with van der Waals surface area (Å²) in [6, 6.07) is 0.220. The highest BCUT2D eigenvalue weighted by Gasteiger charge is 2.49. The van der Waals surface area contributed by atoms with E-state index in [-0.39, 0.29) is 18.6 Å². The molecule has 4 nitrogen and oxygen atoms in total. The Balaban J connectivity index is 2.00. The van der Waals surface area contributed by atoms with E-state index in [1.165, 1.54) is 0 Å². The van der Waals surface area contributed by atoms with Gasteiger partial charge in [-0.25, -0.2) is 0 Å². The number of likely N-dealkylation sites (tertiary alicyclic amines) is 1. The highest BCUT2D eigenvalue weighted by Crippen LogP contribution is 2.36. The zero-order chi connectivity index (χ0) is 10.9. The number of nitrogens with zero attached hydrogens (tertiary/aromatic N) is 1. The molecule has 1 saturated heterocycles. The average molecular weight is 212 g/mol. The Labute approximate surface area is 90.4 Å². The summed E-state index contributed by atoms with van der Waals surface area (Å²) in [5.41, 5.74) is 5.38. The second-order valence-electron chi connectivity index (χ2n) is 4.82. The lowest BCUT2D eigenvalue weighted by atomic mass is 9.98. The van der Waals surface area contributed by atoms with Crippen LogP contribution >= 0.6 is 0 Å². The van der Waals surface area contributed by atoms with Crippen molar-refractivity contribution in [3.05, 3.63) is 0 Å². The predicted octanol–water partition coefficient (Wildman–Crippen LogP) is 0.241. The van der Waals surface area contributed by atoms with Crippen molar-refractivity contribution in [2.75, 3.05) is 13.2 Å². The summed E-state index contributed by atoms with van der Waals surface area (Å²) in [5, 5.41) is 8.97. The van der Waals surface area contributed by atoms with Gasteiger partial charge in [0.05, 0.1) is 5.54 Å². The molecule has 0 aromatic carbocycles. The maximum absolute atomic E-state index is 12.1. The van der Waals surface area contributed by atoms with Gasteiger partial charge in [-0.2, -0.15) is 0 Å². The number of carbonyl (C=O) groups excluding carboxylic acids is 1. The van der Waals surface area contributed by atoms with Gasteiger partial charge >= 0.3 is 0 Å². The monoisotopic (exact) mass is 212 g/mol. The molecule has 0 bridgehead atoms. The van der Waals surface area contributed by atoms with Crippen molar-refractivity contribution in [3.8, 4) is 0 Å². The summed E-state index contributed by atoms with van der Waals surface area (Å²) in [4.78, 5) is 14.0. The topological polar surface area (TPSA) is 66.6 Å². The van der Waals surface area contributed by atoms with Crippen molar-refractivity contribution in [1.82, 2.24) is 4.90 Å². The molecule has 4 heteroatoms. The first-order valence-corrected chi connectivity index (χ1v) is 5.88. The van der Waals surface area contributed by atoms with Gasteiger partial charge in [-0.3, -0.25) is 4.79 Å². The molecule has 15 heavy (non-hydrogen) atoms. The van der Waals surface area contributed by atoms with Crippen molar-refractivity contribution in [1.29, 1.82) is 0 Å². The first-order valence-electron chi connectivity index (χ1n) is 5.88. The van der Waals surface area contributed by atoms with Gasteiger partial charge in [0.2, 0.25) is 5.91 Å². The smallest absolute Gasteiger partial charge is 0.242 e. The molecule has 2 fully saturated rings. The summed E-state index contributed by atoms with van der Waals surface area (Å²) >= 11 is 0. The van der Waals surface area contributed by atoms with Gasteiger partial charge in [0, 0.05) is 19.2 Å². The lowest BCUT2D eigenvalue weighted by Crippen LogP contribution is -2.52. The van der Waals surface area contributed by atoms with E-state index in [9.17, 15) is 4.79 Å². The summed E-state index contributed by atoms with van der Waals surface area (Å²) in [5.74, 6) is 0.112. The molecule has 1 heterocycles. The first-order chi connectivity index (χ1) is 7.17. The number of rotatable bonds is 3. The van der Waals surface area contributed by atoms with Crippen LogP contribution in [0.15, 0.2) is 0 Å². The van der Waals surface area contributed by atoms with E-state index in [2.05, 4.69) is 0 Å². The van der Waals surface area contributed by atoms with Crippen LogP contribution < -0.4 is 5.73 Å². The van der Waals surface area contributed by atoms with Crippen LogP contribution in [-0.2, 0) is 4.79 Å². The molecule has 86 valence electrons. The molecule has 3 N–H and O–H groups in total. The minimum absolute atomic E-state index is 0.112. The van der Waals surface area contributed by atoms with Crippen molar-refractivity contribution in [3.63, 3.8) is 0 Å². The van der Waals surface area contributed by atoms with Gasteiger partial charge in [-0.1, -0.05) is 0 Å². The van der Waals surface area contributed by atoms with E-state index < -0.39 is 5.54 Å². The van der Waals surface area contributed by atoms with Crippen molar-refractivity contribution < 1.29 is 9.90 Å². The zero-order valence-electron chi connectivity index (χ0n) is 9.11. The maximum Gasteiger partial charge on any atom is 0.242 e. The van der Waals surface area contributed by atoms with Crippen molar-refractivity contribution >= 4 is 5.91 Å². The van der Waals surface area contributed by atoms with E-state index in [1.807, 2.05) is 4.90 Å². The Bertz CT molecular complexity index is 249. The molecule has 1 amide bonds. The Kier molecular flexibility index (Phi) is 2.98. The van der Waals surface area contributed by atoms with Crippen LogP contribution in [0, 0.1) is 0 Å². The van der Waals surface area contributed by atoms with Gasteiger partial charge in [0.15, 0.2) is 0 Å². The second-order valence-corrected chi connectivity index (χ2v) is 4.82. The van der Waals surface area contributed by atoms with Crippen LogP contribution in [0.4, 0.5) is 0 Å². The lowest BCUT2D eigenvalue weighted by Gasteiger charge is -2.37. The van der Waals surface area contributed by atoms with E-state index in [1.54, 1.807) is 0 Å². The number of hydrogen-bond acceptors (Lipinski definition) is 3. The van der Waals surface area contributed by atoms with Crippen molar-refractivity contribution in [2.24, 2.45) is 5.73 Å². The number of piperidine rings is 1. The molecule has 0 spiro atoms. The molecule has 1 unspecified atom stereocenters. The third-order valence-electron chi connectivity index (χ3n) is 3.56. The van der Waals surface area contributed by atoms with Crippen LogP contribution in [0.2, 0.25) is 0 Å². The Morgan fingerprint density at radius 2 is 2.20 bits per heavy atom. The fourth-order valence-corrected chi connectivity index (χ4v) is 2.35. The number of nitrogens with two attached hydrogens (primary N) is 1. The molecule has 0 aromatic rings. The number of amides is 1. The Hall–Kier alpha value is -0.610. The van der Waals surface area contributed by atoms with E-state index in [4.69, 9.17) is 10.8 Å².